The van der Waals surface area contributed by atoms with Crippen LogP contribution in [0.4, 0.5) is 0 Å². The molecule has 1 unspecified atom stereocenters. The van der Waals surface area contributed by atoms with Crippen LogP contribution in [0.3, 0.4) is 0 Å². The Kier molecular flexibility index (Phi) is 7.45. The van der Waals surface area contributed by atoms with Gasteiger partial charge in [0.25, 0.3) is 5.91 Å². The Morgan fingerprint density at radius 3 is 2.77 bits per heavy atom. The Bertz CT molecular complexity index is 1380. The van der Waals surface area contributed by atoms with Crippen LogP contribution in [0.2, 0.25) is 15.1 Å². The molecule has 0 fully saturated rings. The maximum atomic E-state index is 13.9. The number of benzene rings is 2. The first-order valence-electron chi connectivity index (χ1n) is 12.0. The normalized spacial score (nSPS) is 15.4. The molecule has 1 aliphatic rings. The Morgan fingerprint density at radius 1 is 1.11 bits per heavy atom. The first-order chi connectivity index (χ1) is 16.9. The number of aryl methyl sites for hydroxylation is 1. The van der Waals surface area contributed by atoms with Crippen LogP contribution in [-0.2, 0) is 25.8 Å². The number of hydrogen-bond donors (Lipinski definition) is 1. The maximum absolute atomic E-state index is 13.9. The summed E-state index contributed by atoms with van der Waals surface area (Å²) in [6, 6.07) is 13.5. The first kappa shape index (κ1) is 24.7. The van der Waals surface area contributed by atoms with Gasteiger partial charge in [-0.2, -0.15) is 0 Å². The molecule has 1 N–H and O–H groups in total. The number of carbonyl (C=O) groups is 1. The van der Waals surface area contributed by atoms with E-state index >= 15 is 0 Å². The fourth-order valence-electron chi connectivity index (χ4n) is 4.94. The lowest BCUT2D eigenvalue weighted by Gasteiger charge is -2.23. The summed E-state index contributed by atoms with van der Waals surface area (Å²) in [6.07, 6.45) is 7.30. The molecule has 1 amide bonds. The van der Waals surface area contributed by atoms with E-state index < -0.39 is 0 Å². The number of carbonyl (C=O) groups excluding carboxylic acids is 1. The van der Waals surface area contributed by atoms with Crippen LogP contribution < -0.4 is 0 Å². The quantitative estimate of drug-likeness (QED) is 0.248. The van der Waals surface area contributed by atoms with Crippen LogP contribution in [-0.4, -0.2) is 22.3 Å². The molecule has 2 heterocycles. The van der Waals surface area contributed by atoms with Crippen molar-refractivity contribution >= 4 is 62.9 Å². The number of thiophene rings is 1. The smallest absolute Gasteiger partial charge is 0.256 e. The molecule has 0 bridgehead atoms. The van der Waals surface area contributed by atoms with E-state index in [1.807, 2.05) is 52.8 Å². The molecule has 0 saturated carbocycles. The van der Waals surface area contributed by atoms with E-state index in [0.717, 1.165) is 35.2 Å². The molecule has 0 radical (unpaired) electrons. The number of halogens is 3. The van der Waals surface area contributed by atoms with Gasteiger partial charge in [-0.05, 0) is 79.1 Å². The first-order valence-corrected chi connectivity index (χ1v) is 14.0. The highest BCUT2D eigenvalue weighted by atomic mass is 35.5. The van der Waals surface area contributed by atoms with E-state index in [0.29, 0.717) is 40.1 Å². The summed E-state index contributed by atoms with van der Waals surface area (Å²) in [4.78, 5) is 21.8. The average Bonchev–Trinajstić information content (AvgIpc) is 3.48. The standard InChI is InChI=1S/C28H27Cl3N2OS/c1-2-17-3-5-19-14-22(35-26(19)12-17)16-33(10-8-18-4-6-24(30)25(31)11-18)28(34)23-15-21(29)13-20-7-9-32-27(20)23/h4,6-7,9,11,13-15,17,32H,2-3,5,8,10,12,16H2,1H3. The summed E-state index contributed by atoms with van der Waals surface area (Å²) in [5.74, 6) is 0.742. The van der Waals surface area contributed by atoms with Gasteiger partial charge in [-0.25, -0.2) is 0 Å². The number of rotatable bonds is 7. The summed E-state index contributed by atoms with van der Waals surface area (Å²) in [5, 5.41) is 2.55. The minimum absolute atomic E-state index is 0.0298. The van der Waals surface area contributed by atoms with E-state index in [9.17, 15) is 4.79 Å². The number of aromatic nitrogens is 1. The van der Waals surface area contributed by atoms with Gasteiger partial charge in [0.2, 0.25) is 0 Å². The van der Waals surface area contributed by atoms with Gasteiger partial charge in [0.05, 0.1) is 27.7 Å². The Morgan fingerprint density at radius 2 is 1.97 bits per heavy atom. The van der Waals surface area contributed by atoms with Gasteiger partial charge in [-0.15, -0.1) is 11.3 Å². The summed E-state index contributed by atoms with van der Waals surface area (Å²) in [5.41, 5.74) is 3.92. The van der Waals surface area contributed by atoms with Gasteiger partial charge in [0.1, 0.15) is 0 Å². The molecule has 7 heteroatoms. The largest absolute Gasteiger partial charge is 0.361 e. The molecule has 3 nitrogen and oxygen atoms in total. The molecule has 1 atom stereocenters. The molecule has 5 rings (SSSR count). The molecule has 182 valence electrons. The van der Waals surface area contributed by atoms with Gasteiger partial charge < -0.3 is 9.88 Å². The van der Waals surface area contributed by atoms with Gasteiger partial charge in [0.15, 0.2) is 0 Å². The summed E-state index contributed by atoms with van der Waals surface area (Å²) >= 11 is 20.6. The lowest BCUT2D eigenvalue weighted by molar-refractivity contribution is 0.0748. The monoisotopic (exact) mass is 544 g/mol. The molecule has 4 aromatic rings. The van der Waals surface area contributed by atoms with Crippen LogP contribution in [0.25, 0.3) is 10.9 Å². The summed E-state index contributed by atoms with van der Waals surface area (Å²) in [7, 11) is 0. The third kappa shape index (κ3) is 5.41. The highest BCUT2D eigenvalue weighted by Gasteiger charge is 2.24. The average molecular weight is 546 g/mol. The van der Waals surface area contributed by atoms with Crippen LogP contribution in [0.1, 0.15) is 51.0 Å². The van der Waals surface area contributed by atoms with Crippen molar-refractivity contribution in [3.63, 3.8) is 0 Å². The van der Waals surface area contributed by atoms with Crippen molar-refractivity contribution in [1.29, 1.82) is 0 Å². The summed E-state index contributed by atoms with van der Waals surface area (Å²) < 4.78 is 0. The zero-order chi connectivity index (χ0) is 24.5. The van der Waals surface area contributed by atoms with Crippen molar-refractivity contribution in [1.82, 2.24) is 9.88 Å². The third-order valence-corrected chi connectivity index (χ3v) is 9.11. The second-order valence-electron chi connectivity index (χ2n) is 9.30. The van der Waals surface area contributed by atoms with Crippen LogP contribution in [0, 0.1) is 5.92 Å². The van der Waals surface area contributed by atoms with Crippen molar-refractivity contribution in [3.05, 3.63) is 90.2 Å². The van der Waals surface area contributed by atoms with Gasteiger partial charge in [0, 0.05) is 32.9 Å². The maximum Gasteiger partial charge on any atom is 0.256 e. The highest BCUT2D eigenvalue weighted by molar-refractivity contribution is 7.12. The molecule has 0 saturated heterocycles. The fourth-order valence-corrected chi connectivity index (χ4v) is 6.83. The molecular formula is C28H27Cl3N2OS. The Balaban J connectivity index is 1.44. The van der Waals surface area contributed by atoms with E-state index in [2.05, 4.69) is 18.0 Å². The molecule has 0 aliphatic heterocycles. The van der Waals surface area contributed by atoms with Gasteiger partial charge in [-0.3, -0.25) is 4.79 Å². The number of fused-ring (bicyclic) bond motifs is 2. The Hall–Kier alpha value is -1.98. The number of nitrogens with zero attached hydrogens (tertiary/aromatic N) is 1. The zero-order valence-corrected chi connectivity index (χ0v) is 22.6. The topological polar surface area (TPSA) is 36.1 Å². The predicted octanol–water partition coefficient (Wildman–Crippen LogP) is 8.59. The van der Waals surface area contributed by atoms with Crippen LogP contribution in [0.15, 0.2) is 48.7 Å². The fraction of sp³-hybridized carbons (Fsp3) is 0.321. The van der Waals surface area contributed by atoms with E-state index in [1.54, 1.807) is 6.07 Å². The zero-order valence-electron chi connectivity index (χ0n) is 19.5. The predicted molar refractivity (Wildman–Crippen MR) is 148 cm³/mol. The lowest BCUT2D eigenvalue weighted by Crippen LogP contribution is -2.32. The summed E-state index contributed by atoms with van der Waals surface area (Å²) in [6.45, 7) is 3.41. The van der Waals surface area contributed by atoms with Crippen molar-refractivity contribution in [3.8, 4) is 0 Å². The molecule has 35 heavy (non-hydrogen) atoms. The number of aromatic amines is 1. The Labute approximate surface area is 225 Å². The molecular weight excluding hydrogens is 519 g/mol. The molecule has 0 spiro atoms. The number of nitrogens with one attached hydrogen (secondary N) is 1. The van der Waals surface area contributed by atoms with Crippen molar-refractivity contribution in [2.75, 3.05) is 6.54 Å². The van der Waals surface area contributed by atoms with Gasteiger partial charge >= 0.3 is 0 Å². The second-order valence-corrected chi connectivity index (χ2v) is 11.8. The highest BCUT2D eigenvalue weighted by Crippen LogP contribution is 2.35. The molecule has 2 aromatic heterocycles. The third-order valence-electron chi connectivity index (χ3n) is 6.96. The van der Waals surface area contributed by atoms with Crippen molar-refractivity contribution < 1.29 is 4.79 Å². The van der Waals surface area contributed by atoms with Crippen molar-refractivity contribution in [2.45, 2.75) is 45.6 Å². The number of H-pyrrole nitrogens is 1. The molecule has 2 aromatic carbocycles. The second kappa shape index (κ2) is 10.6. The van der Waals surface area contributed by atoms with Crippen LogP contribution >= 0.6 is 46.1 Å². The lowest BCUT2D eigenvalue weighted by atomic mass is 9.87. The van der Waals surface area contributed by atoms with E-state index in [4.69, 9.17) is 34.8 Å². The van der Waals surface area contributed by atoms with E-state index in [1.165, 1.54) is 28.2 Å². The van der Waals surface area contributed by atoms with Crippen molar-refractivity contribution in [2.24, 2.45) is 5.92 Å². The minimum Gasteiger partial charge on any atom is -0.361 e. The molecule has 1 aliphatic carbocycles. The van der Waals surface area contributed by atoms with Crippen LogP contribution in [0.5, 0.6) is 0 Å². The van der Waals surface area contributed by atoms with Gasteiger partial charge in [-0.1, -0.05) is 54.2 Å². The van der Waals surface area contributed by atoms with E-state index in [-0.39, 0.29) is 5.91 Å². The number of amides is 1. The minimum atomic E-state index is -0.0298. The number of hydrogen-bond acceptors (Lipinski definition) is 2. The SMILES string of the molecule is CCC1CCc2cc(CN(CCc3ccc(Cl)c(Cl)c3)C(=O)c3cc(Cl)cc4cc[nH]c34)sc2C1.